The van der Waals surface area contributed by atoms with E-state index < -0.39 is 35.7 Å². The van der Waals surface area contributed by atoms with Crippen LogP contribution in [0.1, 0.15) is 39.2 Å². The van der Waals surface area contributed by atoms with E-state index >= 15 is 0 Å². The first-order valence-electron chi connectivity index (χ1n) is 9.89. The molecule has 0 radical (unpaired) electrons. The van der Waals surface area contributed by atoms with Crippen molar-refractivity contribution in [2.45, 2.75) is 46.1 Å². The van der Waals surface area contributed by atoms with E-state index in [2.05, 4.69) is 11.9 Å². The average Bonchev–Trinajstić information content (AvgIpc) is 2.70. The molecule has 0 aliphatic heterocycles. The van der Waals surface area contributed by atoms with Gasteiger partial charge in [-0.2, -0.15) is 0 Å². The number of nitrogens with one attached hydrogen (secondary N) is 2. The molecule has 7 nitrogen and oxygen atoms in total. The van der Waals surface area contributed by atoms with Gasteiger partial charge < -0.3 is 10.1 Å². The third kappa shape index (κ3) is 8.07. The zero-order valence-corrected chi connectivity index (χ0v) is 17.4. The summed E-state index contributed by atoms with van der Waals surface area (Å²) < 4.78 is 5.13. The molecule has 0 bridgehead atoms. The first-order chi connectivity index (χ1) is 13.8. The topological polar surface area (TPSA) is 105 Å². The van der Waals surface area contributed by atoms with E-state index in [9.17, 15) is 14.4 Å². The van der Waals surface area contributed by atoms with Crippen LogP contribution in [-0.4, -0.2) is 35.6 Å². The molecule has 0 fully saturated rings. The molecule has 0 aliphatic carbocycles. The van der Waals surface area contributed by atoms with E-state index in [0.29, 0.717) is 6.42 Å². The molecule has 3 atom stereocenters. The molecule has 0 saturated carbocycles. The summed E-state index contributed by atoms with van der Waals surface area (Å²) in [4.78, 5) is 37.7. The Bertz CT molecular complexity index is 675. The van der Waals surface area contributed by atoms with E-state index in [1.165, 1.54) is 6.08 Å². The Kier molecular flexibility index (Phi) is 10.7. The van der Waals surface area contributed by atoms with Gasteiger partial charge in [0.2, 0.25) is 11.8 Å². The normalized spacial score (nSPS) is 13.8. The van der Waals surface area contributed by atoms with E-state index in [4.69, 9.17) is 9.94 Å². The van der Waals surface area contributed by atoms with Crippen LogP contribution in [-0.2, 0) is 25.5 Å². The number of hydrogen-bond donors (Lipinski definition) is 3. The maximum Gasteiger partial charge on any atom is 0.328 e. The molecule has 0 spiro atoms. The number of carbonyl (C=O) groups is 3. The minimum atomic E-state index is -0.874. The van der Waals surface area contributed by atoms with Crippen LogP contribution in [0.25, 0.3) is 0 Å². The van der Waals surface area contributed by atoms with E-state index in [-0.39, 0.29) is 25.4 Å². The van der Waals surface area contributed by atoms with Crippen molar-refractivity contribution in [2.24, 2.45) is 17.8 Å². The second kappa shape index (κ2) is 12.7. The van der Waals surface area contributed by atoms with Crippen molar-refractivity contribution in [3.8, 4) is 0 Å². The smallest absolute Gasteiger partial charge is 0.328 e. The highest BCUT2D eigenvalue weighted by atomic mass is 16.5. The second-order valence-electron chi connectivity index (χ2n) is 7.35. The molecule has 0 heterocycles. The number of allylic oxidation sites excluding steroid dienone is 1. The van der Waals surface area contributed by atoms with Gasteiger partial charge in [-0.1, -0.05) is 50.3 Å². The van der Waals surface area contributed by atoms with E-state index in [0.717, 1.165) is 5.56 Å². The van der Waals surface area contributed by atoms with Crippen molar-refractivity contribution >= 4 is 17.8 Å². The zero-order valence-electron chi connectivity index (χ0n) is 17.4. The summed E-state index contributed by atoms with van der Waals surface area (Å²) >= 11 is 0. The number of hydrogen-bond acceptors (Lipinski definition) is 5. The molecule has 29 heavy (non-hydrogen) atoms. The summed E-state index contributed by atoms with van der Waals surface area (Å²) in [6.07, 6.45) is 2.45. The fourth-order valence-electron chi connectivity index (χ4n) is 3.24. The Labute approximate surface area is 172 Å². The Morgan fingerprint density at radius 2 is 1.79 bits per heavy atom. The Balaban J connectivity index is 3.10. The summed E-state index contributed by atoms with van der Waals surface area (Å²) in [6, 6.07) is 8.43. The Morgan fingerprint density at radius 1 is 1.14 bits per heavy atom. The molecule has 3 N–H and O–H groups in total. The van der Waals surface area contributed by atoms with Gasteiger partial charge in [0, 0.05) is 6.42 Å². The predicted molar refractivity (Wildman–Crippen MR) is 110 cm³/mol. The summed E-state index contributed by atoms with van der Waals surface area (Å²) in [5.74, 6) is -3.00. The number of benzene rings is 1. The van der Waals surface area contributed by atoms with Crippen molar-refractivity contribution in [1.29, 1.82) is 0 Å². The molecule has 1 rings (SSSR count). The average molecular weight is 405 g/mol. The van der Waals surface area contributed by atoms with Gasteiger partial charge >= 0.3 is 5.97 Å². The number of ether oxygens (including phenoxy) is 1. The molecule has 1 unspecified atom stereocenters. The van der Waals surface area contributed by atoms with E-state index in [1.807, 2.05) is 44.2 Å². The standard InChI is InChI=1S/C22H32N2O5/c1-5-10-17(21(26)24-28)18(13-15(3)4)20(25)23-19(22(27)29-6-2)14-16-11-8-7-9-12-16/h5,7-9,11-12,15,17-19,28H,1,6,10,13-14H2,2-4H3,(H,23,25)(H,24,26)/t17-,18+,19?/m0/s1. The third-order valence-electron chi connectivity index (χ3n) is 4.59. The third-order valence-corrected chi connectivity index (χ3v) is 4.59. The van der Waals surface area contributed by atoms with Gasteiger partial charge in [0.1, 0.15) is 6.04 Å². The van der Waals surface area contributed by atoms with Gasteiger partial charge in [-0.15, -0.1) is 6.58 Å². The molecular formula is C22H32N2O5. The number of hydroxylamine groups is 1. The maximum atomic E-state index is 13.1. The molecule has 1 aromatic carbocycles. The fourth-order valence-corrected chi connectivity index (χ4v) is 3.24. The minimum Gasteiger partial charge on any atom is -0.464 e. The van der Waals surface area contributed by atoms with Crippen LogP contribution < -0.4 is 10.8 Å². The number of amides is 2. The van der Waals surface area contributed by atoms with Gasteiger partial charge in [-0.05, 0) is 31.2 Å². The number of carbonyl (C=O) groups excluding carboxylic acids is 3. The highest BCUT2D eigenvalue weighted by Gasteiger charge is 2.35. The predicted octanol–water partition coefficient (Wildman–Crippen LogP) is 2.64. The summed E-state index contributed by atoms with van der Waals surface area (Å²) in [6.45, 7) is 9.42. The van der Waals surface area contributed by atoms with Crippen molar-refractivity contribution < 1.29 is 24.3 Å². The molecular weight excluding hydrogens is 372 g/mol. The Morgan fingerprint density at radius 3 is 2.31 bits per heavy atom. The summed E-state index contributed by atoms with van der Waals surface area (Å²) in [5, 5.41) is 11.9. The molecule has 0 aromatic heterocycles. The fraction of sp³-hybridized carbons (Fsp3) is 0.500. The van der Waals surface area contributed by atoms with Crippen LogP contribution in [0.2, 0.25) is 0 Å². The van der Waals surface area contributed by atoms with Crippen LogP contribution >= 0.6 is 0 Å². The number of esters is 1. The zero-order chi connectivity index (χ0) is 21.8. The quantitative estimate of drug-likeness (QED) is 0.215. The van der Waals surface area contributed by atoms with Gasteiger partial charge in [0.25, 0.3) is 0 Å². The first-order valence-corrected chi connectivity index (χ1v) is 9.89. The van der Waals surface area contributed by atoms with Crippen molar-refractivity contribution in [2.75, 3.05) is 6.61 Å². The van der Waals surface area contributed by atoms with E-state index in [1.54, 1.807) is 12.4 Å². The minimum absolute atomic E-state index is 0.125. The van der Waals surface area contributed by atoms with Crippen LogP contribution in [0.5, 0.6) is 0 Å². The maximum absolute atomic E-state index is 13.1. The molecule has 0 saturated heterocycles. The molecule has 160 valence electrons. The van der Waals surface area contributed by atoms with Gasteiger partial charge in [0.05, 0.1) is 18.4 Å². The van der Waals surface area contributed by atoms with Gasteiger partial charge in [0.15, 0.2) is 0 Å². The highest BCUT2D eigenvalue weighted by Crippen LogP contribution is 2.25. The number of rotatable bonds is 12. The SMILES string of the molecule is C=CC[C@H](C(=O)NO)[C@@H](CC(C)C)C(=O)NC(Cc1ccccc1)C(=O)OCC. The first kappa shape index (κ1) is 24.4. The van der Waals surface area contributed by atoms with Crippen molar-refractivity contribution in [3.63, 3.8) is 0 Å². The molecule has 2 amide bonds. The lowest BCUT2D eigenvalue weighted by molar-refractivity contribution is -0.148. The van der Waals surface area contributed by atoms with Crippen LogP contribution in [0.4, 0.5) is 0 Å². The highest BCUT2D eigenvalue weighted by molar-refractivity contribution is 5.90. The van der Waals surface area contributed by atoms with Gasteiger partial charge in [-0.25, -0.2) is 10.3 Å². The summed E-state index contributed by atoms with van der Waals surface area (Å²) in [7, 11) is 0. The van der Waals surface area contributed by atoms with Crippen LogP contribution in [0.3, 0.4) is 0 Å². The lowest BCUT2D eigenvalue weighted by Gasteiger charge is -2.27. The lowest BCUT2D eigenvalue weighted by Crippen LogP contribution is -2.49. The Hall–Kier alpha value is -2.67. The largest absolute Gasteiger partial charge is 0.464 e. The molecule has 1 aromatic rings. The van der Waals surface area contributed by atoms with Crippen LogP contribution in [0.15, 0.2) is 43.0 Å². The monoisotopic (exact) mass is 404 g/mol. The molecule has 7 heteroatoms. The molecule has 0 aliphatic rings. The summed E-state index contributed by atoms with van der Waals surface area (Å²) in [5.41, 5.74) is 2.51. The lowest BCUT2D eigenvalue weighted by atomic mass is 9.82. The van der Waals surface area contributed by atoms with Crippen molar-refractivity contribution in [1.82, 2.24) is 10.8 Å². The van der Waals surface area contributed by atoms with Gasteiger partial charge in [-0.3, -0.25) is 14.8 Å². The van der Waals surface area contributed by atoms with Crippen LogP contribution in [0, 0.1) is 17.8 Å². The van der Waals surface area contributed by atoms with Crippen molar-refractivity contribution in [3.05, 3.63) is 48.6 Å². The second-order valence-corrected chi connectivity index (χ2v) is 7.35.